The third-order valence-corrected chi connectivity index (χ3v) is 4.77. The van der Waals surface area contributed by atoms with E-state index >= 15 is 0 Å². The fourth-order valence-electron chi connectivity index (χ4n) is 1.97. The van der Waals surface area contributed by atoms with Crippen LogP contribution in [0.2, 0.25) is 0 Å². The third-order valence-electron chi connectivity index (χ3n) is 3.19. The summed E-state index contributed by atoms with van der Waals surface area (Å²) >= 11 is 0. The first-order chi connectivity index (χ1) is 11.9. The maximum absolute atomic E-state index is 12.3. The molecule has 0 aliphatic heterocycles. The van der Waals surface area contributed by atoms with E-state index in [1.165, 1.54) is 24.3 Å². The average Bonchev–Trinajstić information content (AvgIpc) is 2.60. The van der Waals surface area contributed by atoms with Crippen molar-refractivity contribution in [3.63, 3.8) is 0 Å². The molecule has 0 saturated carbocycles. The van der Waals surface area contributed by atoms with Gasteiger partial charge in [0.2, 0.25) is 0 Å². The molecule has 128 valence electrons. The zero-order valence-corrected chi connectivity index (χ0v) is 13.8. The van der Waals surface area contributed by atoms with Crippen molar-refractivity contribution in [2.24, 2.45) is 0 Å². The largest absolute Gasteiger partial charge is 0.493 e. The number of sulfone groups is 1. The number of non-ortho nitro benzene ring substituents is 1. The summed E-state index contributed by atoms with van der Waals surface area (Å²) in [4.78, 5) is 9.71. The van der Waals surface area contributed by atoms with Crippen molar-refractivity contribution >= 4 is 21.6 Å². The van der Waals surface area contributed by atoms with Crippen LogP contribution in [0.15, 0.2) is 59.5 Å². The molecule has 0 spiro atoms. The maximum atomic E-state index is 12.3. The first kappa shape index (κ1) is 18.2. The van der Waals surface area contributed by atoms with Crippen LogP contribution in [-0.2, 0) is 9.84 Å². The summed E-state index contributed by atoms with van der Waals surface area (Å²) in [5, 5.41) is 19.9. The minimum absolute atomic E-state index is 0.111. The van der Waals surface area contributed by atoms with Gasteiger partial charge in [-0.25, -0.2) is 8.42 Å². The van der Waals surface area contributed by atoms with E-state index in [1.807, 2.05) is 0 Å². The lowest BCUT2D eigenvalue weighted by Crippen LogP contribution is -2.15. The summed E-state index contributed by atoms with van der Waals surface area (Å²) in [5.74, 6) is 0.148. The molecule has 0 radical (unpaired) electrons. The SMILES string of the molecule is N#CC(=Cc1cccc([N+](=O)[O-])c1)S(=O)(=O)CCOc1ccccc1. The molecule has 8 heteroatoms. The molecule has 0 saturated heterocycles. The Morgan fingerprint density at radius 3 is 2.56 bits per heavy atom. The highest BCUT2D eigenvalue weighted by Crippen LogP contribution is 2.18. The van der Waals surface area contributed by atoms with E-state index in [1.54, 1.807) is 36.4 Å². The summed E-state index contributed by atoms with van der Waals surface area (Å²) in [6, 6.07) is 15.7. The molecule has 0 aromatic heterocycles. The van der Waals surface area contributed by atoms with Crippen molar-refractivity contribution in [1.82, 2.24) is 0 Å². The Labute approximate surface area is 144 Å². The van der Waals surface area contributed by atoms with E-state index in [2.05, 4.69) is 0 Å². The number of nitro benzene ring substituents is 1. The fraction of sp³-hybridized carbons (Fsp3) is 0.118. The Morgan fingerprint density at radius 1 is 1.20 bits per heavy atom. The molecule has 0 unspecified atom stereocenters. The van der Waals surface area contributed by atoms with Gasteiger partial charge < -0.3 is 4.74 Å². The lowest BCUT2D eigenvalue weighted by Gasteiger charge is -2.06. The molecule has 0 fully saturated rings. The molecule has 0 aliphatic carbocycles. The second-order valence-electron chi connectivity index (χ2n) is 4.95. The first-order valence-electron chi connectivity index (χ1n) is 7.19. The number of ether oxygens (including phenoxy) is 1. The van der Waals surface area contributed by atoms with Crippen LogP contribution < -0.4 is 4.74 Å². The molecular formula is C17H14N2O5S. The fourth-order valence-corrected chi connectivity index (χ4v) is 2.94. The van der Waals surface area contributed by atoms with Crippen molar-refractivity contribution in [3.8, 4) is 11.8 Å². The van der Waals surface area contributed by atoms with Crippen molar-refractivity contribution in [1.29, 1.82) is 5.26 Å². The van der Waals surface area contributed by atoms with Crippen molar-refractivity contribution in [3.05, 3.63) is 75.2 Å². The lowest BCUT2D eigenvalue weighted by atomic mass is 10.2. The van der Waals surface area contributed by atoms with Crippen LogP contribution in [0.5, 0.6) is 5.75 Å². The Bertz CT molecular complexity index is 931. The molecule has 0 amide bonds. The number of hydrogen-bond donors (Lipinski definition) is 0. The molecule has 25 heavy (non-hydrogen) atoms. The van der Waals surface area contributed by atoms with Gasteiger partial charge in [-0.05, 0) is 23.8 Å². The van der Waals surface area contributed by atoms with Crippen LogP contribution in [0, 0.1) is 21.4 Å². The number of para-hydroxylation sites is 1. The molecule has 0 bridgehead atoms. The van der Waals surface area contributed by atoms with E-state index < -0.39 is 19.7 Å². The first-order valence-corrected chi connectivity index (χ1v) is 8.84. The van der Waals surface area contributed by atoms with Gasteiger partial charge in [0.1, 0.15) is 23.3 Å². The Morgan fingerprint density at radius 2 is 1.92 bits per heavy atom. The summed E-state index contributed by atoms with van der Waals surface area (Å²) < 4.78 is 29.9. The minimum Gasteiger partial charge on any atom is -0.493 e. The number of rotatable bonds is 7. The highest BCUT2D eigenvalue weighted by molar-refractivity contribution is 7.95. The van der Waals surface area contributed by atoms with Gasteiger partial charge in [0.25, 0.3) is 5.69 Å². The standard InChI is InChI=1S/C17H14N2O5S/c18-13-17(12-14-5-4-6-15(11-14)19(20)21)25(22,23)10-9-24-16-7-2-1-3-8-16/h1-8,11-12H,9-10H2. The van der Waals surface area contributed by atoms with Crippen LogP contribution in [0.3, 0.4) is 0 Å². The summed E-state index contributed by atoms with van der Waals surface area (Å²) in [6.45, 7) is -0.111. The number of allylic oxidation sites excluding steroid dienone is 1. The molecule has 7 nitrogen and oxygen atoms in total. The van der Waals surface area contributed by atoms with E-state index in [0.29, 0.717) is 5.75 Å². The highest BCUT2D eigenvalue weighted by atomic mass is 32.2. The molecule has 2 aromatic carbocycles. The number of hydrogen-bond acceptors (Lipinski definition) is 6. The molecule has 0 N–H and O–H groups in total. The summed E-state index contributed by atoms with van der Waals surface area (Å²) in [5.41, 5.74) is 0.0779. The molecule has 2 rings (SSSR count). The zero-order chi connectivity index (χ0) is 18.3. The maximum Gasteiger partial charge on any atom is 0.270 e. The van der Waals surface area contributed by atoms with Crippen molar-refractivity contribution in [2.45, 2.75) is 0 Å². The van der Waals surface area contributed by atoms with Gasteiger partial charge in [0, 0.05) is 12.1 Å². The van der Waals surface area contributed by atoms with Crippen LogP contribution in [-0.4, -0.2) is 25.7 Å². The van der Waals surface area contributed by atoms with Gasteiger partial charge in [-0.2, -0.15) is 5.26 Å². The summed E-state index contributed by atoms with van der Waals surface area (Å²) in [6.07, 6.45) is 1.12. The quantitative estimate of drug-likeness (QED) is 0.427. The van der Waals surface area contributed by atoms with Gasteiger partial charge >= 0.3 is 0 Å². The zero-order valence-electron chi connectivity index (χ0n) is 13.0. The smallest absolute Gasteiger partial charge is 0.270 e. The molecule has 0 heterocycles. The predicted octanol–water partition coefficient (Wildman–Crippen LogP) is 2.95. The van der Waals surface area contributed by atoms with Crippen LogP contribution in [0.25, 0.3) is 6.08 Å². The Kier molecular flexibility index (Phi) is 5.87. The van der Waals surface area contributed by atoms with Crippen molar-refractivity contribution in [2.75, 3.05) is 12.4 Å². The monoisotopic (exact) mass is 358 g/mol. The van der Waals surface area contributed by atoms with Gasteiger partial charge in [-0.15, -0.1) is 0 Å². The predicted molar refractivity (Wildman–Crippen MR) is 92.4 cm³/mol. The Balaban J connectivity index is 2.13. The summed E-state index contributed by atoms with van der Waals surface area (Å²) in [7, 11) is -3.87. The van der Waals surface area contributed by atoms with Crippen LogP contribution in [0.4, 0.5) is 5.69 Å². The highest BCUT2D eigenvalue weighted by Gasteiger charge is 2.18. The van der Waals surface area contributed by atoms with Gasteiger partial charge in [0.15, 0.2) is 9.84 Å². The second-order valence-corrected chi connectivity index (χ2v) is 7.03. The van der Waals surface area contributed by atoms with E-state index in [4.69, 9.17) is 10.00 Å². The second kappa shape index (κ2) is 8.08. The van der Waals surface area contributed by atoms with E-state index in [0.717, 1.165) is 6.08 Å². The number of nitriles is 1. The van der Waals surface area contributed by atoms with E-state index in [9.17, 15) is 18.5 Å². The molecule has 0 atom stereocenters. The van der Waals surface area contributed by atoms with Gasteiger partial charge in [-0.1, -0.05) is 30.3 Å². The van der Waals surface area contributed by atoms with Crippen molar-refractivity contribution < 1.29 is 18.1 Å². The molecule has 0 aliphatic rings. The average molecular weight is 358 g/mol. The normalized spacial score (nSPS) is 11.6. The van der Waals surface area contributed by atoms with Gasteiger partial charge in [-0.3, -0.25) is 10.1 Å². The number of nitro groups is 1. The van der Waals surface area contributed by atoms with Crippen LogP contribution in [0.1, 0.15) is 5.56 Å². The molecule has 2 aromatic rings. The van der Waals surface area contributed by atoms with E-state index in [-0.39, 0.29) is 23.6 Å². The number of nitrogens with zero attached hydrogens (tertiary/aromatic N) is 2. The number of benzene rings is 2. The molecular weight excluding hydrogens is 344 g/mol. The topological polar surface area (TPSA) is 110 Å². The van der Waals surface area contributed by atoms with Gasteiger partial charge in [0.05, 0.1) is 10.7 Å². The lowest BCUT2D eigenvalue weighted by molar-refractivity contribution is -0.384. The van der Waals surface area contributed by atoms with Crippen LogP contribution >= 0.6 is 0 Å². The minimum atomic E-state index is -3.87. The third kappa shape index (κ3) is 5.16. The Hall–Kier alpha value is -3.18.